The number of nitrogens with zero attached hydrogens (tertiary/aromatic N) is 1. The number of para-hydroxylation sites is 1. The van der Waals surface area contributed by atoms with Gasteiger partial charge < -0.3 is 13.9 Å². The molecule has 1 fully saturated rings. The molecule has 4 rings (SSSR count). The number of morpholine rings is 1. The van der Waals surface area contributed by atoms with Crippen LogP contribution < -0.4 is 10.4 Å². The van der Waals surface area contributed by atoms with Crippen molar-refractivity contribution in [2.45, 2.75) is 6.42 Å². The first-order valence-corrected chi connectivity index (χ1v) is 9.37. The molecular weight excluding hydrogens is 342 g/mol. The van der Waals surface area contributed by atoms with Crippen LogP contribution in [0.15, 0.2) is 63.8 Å². The summed E-state index contributed by atoms with van der Waals surface area (Å²) >= 11 is 0. The molecule has 1 aliphatic heterocycles. The van der Waals surface area contributed by atoms with Gasteiger partial charge in [-0.05, 0) is 24.1 Å². The van der Waals surface area contributed by atoms with Gasteiger partial charge in [0.2, 0.25) is 0 Å². The topological polar surface area (TPSA) is 51.9 Å². The molecule has 0 saturated carbocycles. The van der Waals surface area contributed by atoms with Crippen molar-refractivity contribution < 1.29 is 13.9 Å². The normalized spacial score (nSPS) is 15.1. The van der Waals surface area contributed by atoms with Crippen molar-refractivity contribution in [3.8, 4) is 16.9 Å². The molecule has 1 saturated heterocycles. The van der Waals surface area contributed by atoms with E-state index < -0.39 is 0 Å². The van der Waals surface area contributed by atoms with E-state index in [1.807, 2.05) is 48.5 Å². The molecule has 5 nitrogen and oxygen atoms in total. The zero-order valence-corrected chi connectivity index (χ0v) is 15.2. The van der Waals surface area contributed by atoms with E-state index in [0.29, 0.717) is 23.5 Å². The average molecular weight is 365 g/mol. The predicted octanol–water partition coefficient (Wildman–Crippen LogP) is 3.56. The average Bonchev–Trinajstić information content (AvgIpc) is 2.72. The van der Waals surface area contributed by atoms with Gasteiger partial charge in [0.05, 0.1) is 25.2 Å². The van der Waals surface area contributed by atoms with E-state index in [-0.39, 0.29) is 5.63 Å². The molecule has 27 heavy (non-hydrogen) atoms. The van der Waals surface area contributed by atoms with Crippen LogP contribution in [0.4, 0.5) is 0 Å². The van der Waals surface area contributed by atoms with Crippen molar-refractivity contribution in [1.29, 1.82) is 0 Å². The van der Waals surface area contributed by atoms with E-state index in [2.05, 4.69) is 4.90 Å². The van der Waals surface area contributed by atoms with Crippen LogP contribution in [0.25, 0.3) is 22.1 Å². The van der Waals surface area contributed by atoms with Gasteiger partial charge in [-0.1, -0.05) is 42.5 Å². The summed E-state index contributed by atoms with van der Waals surface area (Å²) in [5, 5.41) is 0.822. The molecule has 1 aromatic heterocycles. The van der Waals surface area contributed by atoms with Gasteiger partial charge in [-0.3, -0.25) is 4.90 Å². The van der Waals surface area contributed by atoms with E-state index in [0.717, 1.165) is 50.2 Å². The molecule has 0 amide bonds. The van der Waals surface area contributed by atoms with Crippen LogP contribution in [0.1, 0.15) is 6.42 Å². The van der Waals surface area contributed by atoms with E-state index in [1.54, 1.807) is 6.07 Å². The van der Waals surface area contributed by atoms with Crippen molar-refractivity contribution >= 4 is 11.0 Å². The van der Waals surface area contributed by atoms with Gasteiger partial charge in [0.25, 0.3) is 0 Å². The predicted molar refractivity (Wildman–Crippen MR) is 105 cm³/mol. The first-order chi connectivity index (χ1) is 13.3. The van der Waals surface area contributed by atoms with Crippen LogP contribution in [0.3, 0.4) is 0 Å². The highest BCUT2D eigenvalue weighted by atomic mass is 16.5. The molecule has 5 heteroatoms. The smallest absolute Gasteiger partial charge is 0.347 e. The zero-order valence-electron chi connectivity index (χ0n) is 15.2. The van der Waals surface area contributed by atoms with Gasteiger partial charge in [-0.25, -0.2) is 4.79 Å². The molecule has 2 heterocycles. The maximum Gasteiger partial charge on any atom is 0.347 e. The molecule has 1 aliphatic rings. The Balaban J connectivity index is 1.60. The number of ether oxygens (including phenoxy) is 2. The molecule has 140 valence electrons. The number of hydrogen-bond acceptors (Lipinski definition) is 5. The summed E-state index contributed by atoms with van der Waals surface area (Å²) in [7, 11) is 0. The first kappa shape index (κ1) is 17.8. The molecule has 0 aliphatic carbocycles. The van der Waals surface area contributed by atoms with E-state index in [1.165, 1.54) is 0 Å². The zero-order chi connectivity index (χ0) is 18.5. The number of rotatable bonds is 6. The van der Waals surface area contributed by atoms with Crippen molar-refractivity contribution in [3.05, 3.63) is 65.0 Å². The highest BCUT2D eigenvalue weighted by Crippen LogP contribution is 2.34. The van der Waals surface area contributed by atoms with Gasteiger partial charge >= 0.3 is 5.63 Å². The summed E-state index contributed by atoms with van der Waals surface area (Å²) in [6.45, 7) is 5.03. The monoisotopic (exact) mass is 365 g/mol. The lowest BCUT2D eigenvalue weighted by molar-refractivity contribution is 0.0358. The Morgan fingerprint density at radius 2 is 1.70 bits per heavy atom. The molecule has 0 N–H and O–H groups in total. The molecule has 3 aromatic rings. The van der Waals surface area contributed by atoms with Crippen molar-refractivity contribution in [2.24, 2.45) is 0 Å². The molecule has 2 aromatic carbocycles. The third-order valence-corrected chi connectivity index (χ3v) is 4.80. The SMILES string of the molecule is O=c1oc2ccccc2c(OCCCN2CCOCC2)c1-c1ccccc1. The Morgan fingerprint density at radius 3 is 2.52 bits per heavy atom. The minimum absolute atomic E-state index is 0.372. The summed E-state index contributed by atoms with van der Waals surface area (Å²) in [5.41, 5.74) is 1.47. The van der Waals surface area contributed by atoms with Gasteiger partial charge in [0.1, 0.15) is 16.9 Å². The second kappa shape index (κ2) is 8.37. The lowest BCUT2D eigenvalue weighted by Gasteiger charge is -2.26. The standard InChI is InChI=1S/C22H23NO4/c24-22-20(17-7-2-1-3-8-17)21(18-9-4-5-10-19(18)27-22)26-14-6-11-23-12-15-25-16-13-23/h1-5,7-10H,6,11-16H2. The number of hydrogen-bond donors (Lipinski definition) is 0. The Hall–Kier alpha value is -2.63. The first-order valence-electron chi connectivity index (χ1n) is 9.37. The summed E-state index contributed by atoms with van der Waals surface area (Å²) in [4.78, 5) is 15.0. The molecule has 0 spiro atoms. The van der Waals surface area contributed by atoms with Crippen LogP contribution in [-0.2, 0) is 4.74 Å². The Morgan fingerprint density at radius 1 is 0.963 bits per heavy atom. The molecular formula is C22H23NO4. The summed E-state index contributed by atoms with van der Waals surface area (Å²) < 4.78 is 17.1. The fourth-order valence-corrected chi connectivity index (χ4v) is 3.41. The van der Waals surface area contributed by atoms with Crippen molar-refractivity contribution in [3.63, 3.8) is 0 Å². The van der Waals surface area contributed by atoms with Gasteiger partial charge in [0, 0.05) is 19.6 Å². The number of benzene rings is 2. The van der Waals surface area contributed by atoms with Crippen molar-refractivity contribution in [1.82, 2.24) is 4.90 Å². The second-order valence-corrected chi connectivity index (χ2v) is 6.61. The largest absolute Gasteiger partial charge is 0.492 e. The minimum atomic E-state index is -0.372. The Kier molecular flexibility index (Phi) is 5.51. The maximum atomic E-state index is 12.7. The van der Waals surface area contributed by atoms with Crippen LogP contribution >= 0.6 is 0 Å². The second-order valence-electron chi connectivity index (χ2n) is 6.61. The van der Waals surface area contributed by atoms with E-state index in [4.69, 9.17) is 13.9 Å². The lowest BCUT2D eigenvalue weighted by atomic mass is 10.0. The minimum Gasteiger partial charge on any atom is -0.492 e. The fourth-order valence-electron chi connectivity index (χ4n) is 3.41. The van der Waals surface area contributed by atoms with Crippen LogP contribution in [-0.4, -0.2) is 44.4 Å². The molecule has 0 radical (unpaired) electrons. The van der Waals surface area contributed by atoms with Crippen LogP contribution in [0, 0.1) is 0 Å². The summed E-state index contributed by atoms with van der Waals surface area (Å²) in [6, 6.07) is 17.1. The fraction of sp³-hybridized carbons (Fsp3) is 0.318. The third kappa shape index (κ3) is 4.04. The number of fused-ring (bicyclic) bond motifs is 1. The lowest BCUT2D eigenvalue weighted by Crippen LogP contribution is -2.37. The van der Waals surface area contributed by atoms with Crippen molar-refractivity contribution in [2.75, 3.05) is 39.5 Å². The van der Waals surface area contributed by atoms with E-state index in [9.17, 15) is 4.79 Å². The van der Waals surface area contributed by atoms with E-state index >= 15 is 0 Å². The third-order valence-electron chi connectivity index (χ3n) is 4.80. The van der Waals surface area contributed by atoms with Crippen LogP contribution in [0.5, 0.6) is 5.75 Å². The van der Waals surface area contributed by atoms with Gasteiger partial charge in [0.15, 0.2) is 0 Å². The van der Waals surface area contributed by atoms with Gasteiger partial charge in [-0.15, -0.1) is 0 Å². The summed E-state index contributed by atoms with van der Waals surface area (Å²) in [5.74, 6) is 0.607. The molecule has 0 bridgehead atoms. The summed E-state index contributed by atoms with van der Waals surface area (Å²) in [6.07, 6.45) is 0.892. The molecule has 0 atom stereocenters. The Bertz CT molecular complexity index is 945. The quantitative estimate of drug-likeness (QED) is 0.494. The highest BCUT2D eigenvalue weighted by molar-refractivity contribution is 5.90. The molecule has 0 unspecified atom stereocenters. The van der Waals surface area contributed by atoms with Gasteiger partial charge in [-0.2, -0.15) is 0 Å². The maximum absolute atomic E-state index is 12.7. The highest BCUT2D eigenvalue weighted by Gasteiger charge is 2.18. The van der Waals surface area contributed by atoms with Crippen LogP contribution in [0.2, 0.25) is 0 Å². The Labute approximate surface area is 158 Å².